The van der Waals surface area contributed by atoms with Crippen LogP contribution in [0, 0.1) is 0 Å². The molecule has 13 heavy (non-hydrogen) atoms. The summed E-state index contributed by atoms with van der Waals surface area (Å²) < 4.78 is 19.6. The van der Waals surface area contributed by atoms with E-state index in [1.807, 2.05) is 38.4 Å². The molecule has 0 aromatic heterocycles. The molecule has 0 aromatic rings. The second kappa shape index (κ2) is 3.56. The standard InChI is InChI=1S/C9H18NO2P/c1-5-10(6-2)13(11)8-7-9(3,4)12-13/h7-8H,5-6H2,1-4H3. The quantitative estimate of drug-likeness (QED) is 0.660. The van der Waals surface area contributed by atoms with E-state index in [0.29, 0.717) is 0 Å². The fraction of sp³-hybridized carbons (Fsp3) is 0.778. The summed E-state index contributed by atoms with van der Waals surface area (Å²) in [5.74, 6) is 1.72. The van der Waals surface area contributed by atoms with Crippen LogP contribution in [0.1, 0.15) is 27.7 Å². The summed E-state index contributed by atoms with van der Waals surface area (Å²) in [6.07, 6.45) is 1.88. The highest BCUT2D eigenvalue weighted by Gasteiger charge is 2.38. The van der Waals surface area contributed by atoms with Gasteiger partial charge in [-0.25, -0.2) is 4.67 Å². The maximum absolute atomic E-state index is 12.2. The van der Waals surface area contributed by atoms with E-state index in [1.54, 1.807) is 5.82 Å². The molecule has 0 saturated heterocycles. The topological polar surface area (TPSA) is 29.5 Å². The summed E-state index contributed by atoms with van der Waals surface area (Å²) in [6, 6.07) is 0. The van der Waals surface area contributed by atoms with Gasteiger partial charge in [-0.3, -0.25) is 4.57 Å². The van der Waals surface area contributed by atoms with Gasteiger partial charge in [0.15, 0.2) is 0 Å². The molecule has 1 unspecified atom stereocenters. The summed E-state index contributed by atoms with van der Waals surface area (Å²) in [5, 5.41) is 0. The molecular formula is C9H18NO2P. The third-order valence-electron chi connectivity index (χ3n) is 2.15. The largest absolute Gasteiger partial charge is 0.304 e. The van der Waals surface area contributed by atoms with E-state index < -0.39 is 7.52 Å². The fourth-order valence-electron chi connectivity index (χ4n) is 1.44. The molecular weight excluding hydrogens is 185 g/mol. The number of nitrogens with zero attached hydrogens (tertiary/aromatic N) is 1. The lowest BCUT2D eigenvalue weighted by atomic mass is 10.1. The molecule has 0 fully saturated rings. The average molecular weight is 203 g/mol. The lowest BCUT2D eigenvalue weighted by Gasteiger charge is -2.27. The van der Waals surface area contributed by atoms with Gasteiger partial charge in [0.2, 0.25) is 0 Å². The summed E-state index contributed by atoms with van der Waals surface area (Å²) in [4.78, 5) is 0. The minimum absolute atomic E-state index is 0.377. The molecule has 0 spiro atoms. The molecule has 1 rings (SSSR count). The van der Waals surface area contributed by atoms with Crippen LogP contribution in [0.5, 0.6) is 0 Å². The first-order chi connectivity index (χ1) is 5.93. The average Bonchev–Trinajstić information content (AvgIpc) is 2.29. The van der Waals surface area contributed by atoms with Crippen molar-refractivity contribution in [2.45, 2.75) is 33.3 Å². The van der Waals surface area contributed by atoms with Gasteiger partial charge in [0.25, 0.3) is 7.52 Å². The Morgan fingerprint density at radius 2 is 1.92 bits per heavy atom. The highest BCUT2D eigenvalue weighted by molar-refractivity contribution is 7.60. The number of rotatable bonds is 3. The second-order valence-electron chi connectivity index (χ2n) is 3.71. The molecule has 0 radical (unpaired) electrons. The maximum Gasteiger partial charge on any atom is 0.295 e. The third-order valence-corrected chi connectivity index (χ3v) is 4.77. The number of hydrogen-bond donors (Lipinski definition) is 0. The molecule has 76 valence electrons. The molecule has 0 saturated carbocycles. The van der Waals surface area contributed by atoms with Crippen LogP contribution >= 0.6 is 7.52 Å². The van der Waals surface area contributed by atoms with Crippen LogP contribution in [0.3, 0.4) is 0 Å². The molecule has 0 bridgehead atoms. The van der Waals surface area contributed by atoms with E-state index in [-0.39, 0.29) is 5.60 Å². The van der Waals surface area contributed by atoms with Crippen molar-refractivity contribution in [3.05, 3.63) is 11.9 Å². The molecule has 3 nitrogen and oxygen atoms in total. The predicted molar refractivity (Wildman–Crippen MR) is 54.8 cm³/mol. The van der Waals surface area contributed by atoms with Crippen LogP contribution in [0.4, 0.5) is 0 Å². The first-order valence-electron chi connectivity index (χ1n) is 4.70. The van der Waals surface area contributed by atoms with Crippen molar-refractivity contribution in [3.8, 4) is 0 Å². The van der Waals surface area contributed by atoms with Crippen molar-refractivity contribution < 1.29 is 9.09 Å². The summed E-state index contributed by atoms with van der Waals surface area (Å²) >= 11 is 0. The summed E-state index contributed by atoms with van der Waals surface area (Å²) in [5.41, 5.74) is -0.377. The van der Waals surface area contributed by atoms with Crippen molar-refractivity contribution in [1.82, 2.24) is 4.67 Å². The molecule has 0 aliphatic carbocycles. The van der Waals surface area contributed by atoms with Gasteiger partial charge in [-0.05, 0) is 19.9 Å². The lowest BCUT2D eigenvalue weighted by Crippen LogP contribution is -2.23. The highest BCUT2D eigenvalue weighted by atomic mass is 31.2. The third kappa shape index (κ3) is 2.22. The normalized spacial score (nSPS) is 31.5. The number of hydrogen-bond acceptors (Lipinski definition) is 2. The lowest BCUT2D eigenvalue weighted by molar-refractivity contribution is 0.159. The SMILES string of the molecule is CCN(CC)P1(=O)C=CC(C)(C)O1. The maximum atomic E-state index is 12.2. The smallest absolute Gasteiger partial charge is 0.295 e. The first-order valence-corrected chi connectivity index (χ1v) is 6.34. The van der Waals surface area contributed by atoms with Crippen LogP contribution in [0.25, 0.3) is 0 Å². The molecule has 0 amide bonds. The first kappa shape index (κ1) is 11.0. The van der Waals surface area contributed by atoms with Crippen LogP contribution < -0.4 is 0 Å². The van der Waals surface area contributed by atoms with Crippen LogP contribution in [-0.4, -0.2) is 23.4 Å². The Morgan fingerprint density at radius 1 is 1.38 bits per heavy atom. The second-order valence-corrected chi connectivity index (χ2v) is 5.89. The summed E-state index contributed by atoms with van der Waals surface area (Å²) in [7, 11) is -2.65. The molecule has 1 aliphatic rings. The van der Waals surface area contributed by atoms with E-state index in [1.165, 1.54) is 0 Å². The summed E-state index contributed by atoms with van der Waals surface area (Å²) in [6.45, 7) is 9.35. The van der Waals surface area contributed by atoms with Crippen molar-refractivity contribution in [1.29, 1.82) is 0 Å². The molecule has 1 atom stereocenters. The Kier molecular flexibility index (Phi) is 3.01. The Morgan fingerprint density at radius 3 is 2.23 bits per heavy atom. The van der Waals surface area contributed by atoms with E-state index in [2.05, 4.69) is 0 Å². The zero-order chi connectivity index (χ0) is 10.1. The van der Waals surface area contributed by atoms with Gasteiger partial charge in [0, 0.05) is 18.9 Å². The van der Waals surface area contributed by atoms with Gasteiger partial charge >= 0.3 is 0 Å². The minimum Gasteiger partial charge on any atom is -0.304 e. The van der Waals surface area contributed by atoms with Gasteiger partial charge in [-0.1, -0.05) is 13.8 Å². The Hall–Kier alpha value is -0.110. The van der Waals surface area contributed by atoms with Crippen LogP contribution in [-0.2, 0) is 9.09 Å². The zero-order valence-corrected chi connectivity index (χ0v) is 9.67. The van der Waals surface area contributed by atoms with E-state index >= 15 is 0 Å². The van der Waals surface area contributed by atoms with Crippen LogP contribution in [0.15, 0.2) is 11.9 Å². The van der Waals surface area contributed by atoms with E-state index in [9.17, 15) is 4.57 Å². The zero-order valence-electron chi connectivity index (χ0n) is 8.78. The highest BCUT2D eigenvalue weighted by Crippen LogP contribution is 2.59. The van der Waals surface area contributed by atoms with E-state index in [0.717, 1.165) is 13.1 Å². The van der Waals surface area contributed by atoms with Crippen molar-refractivity contribution in [3.63, 3.8) is 0 Å². The fourth-order valence-corrected chi connectivity index (χ4v) is 3.88. The van der Waals surface area contributed by atoms with Gasteiger partial charge in [0.1, 0.15) is 0 Å². The van der Waals surface area contributed by atoms with Gasteiger partial charge < -0.3 is 4.52 Å². The van der Waals surface area contributed by atoms with Crippen LogP contribution in [0.2, 0.25) is 0 Å². The minimum atomic E-state index is -2.65. The molecule has 0 aromatic carbocycles. The molecule has 4 heteroatoms. The monoisotopic (exact) mass is 203 g/mol. The van der Waals surface area contributed by atoms with Crippen molar-refractivity contribution in [2.24, 2.45) is 0 Å². The Balaban J connectivity index is 2.82. The molecule has 1 aliphatic heterocycles. The van der Waals surface area contributed by atoms with E-state index in [4.69, 9.17) is 4.52 Å². The molecule has 0 N–H and O–H groups in total. The van der Waals surface area contributed by atoms with Gasteiger partial charge in [-0.15, -0.1) is 0 Å². The molecule has 1 heterocycles. The van der Waals surface area contributed by atoms with Crippen molar-refractivity contribution in [2.75, 3.05) is 13.1 Å². The van der Waals surface area contributed by atoms with Crippen molar-refractivity contribution >= 4 is 7.52 Å². The predicted octanol–water partition coefficient (Wildman–Crippen LogP) is 2.84. The van der Waals surface area contributed by atoms with Gasteiger partial charge in [-0.2, -0.15) is 0 Å². The van der Waals surface area contributed by atoms with Gasteiger partial charge in [0.05, 0.1) is 5.60 Å². The Labute approximate surface area is 80.3 Å². The Bertz CT molecular complexity index is 256.